The molecule has 0 aliphatic carbocycles. The van der Waals surface area contributed by atoms with Gasteiger partial charge >= 0.3 is 5.97 Å². The number of hydrogen-bond acceptors (Lipinski definition) is 7. The van der Waals surface area contributed by atoms with Gasteiger partial charge in [-0.15, -0.1) is 0 Å². The molecule has 2 aromatic carbocycles. The van der Waals surface area contributed by atoms with Crippen molar-refractivity contribution in [3.8, 4) is 11.8 Å². The fraction of sp³-hybridized carbons (Fsp3) is 0.292. The number of ether oxygens (including phenoxy) is 2. The number of anilines is 1. The highest BCUT2D eigenvalue weighted by Gasteiger charge is 2.24. The van der Waals surface area contributed by atoms with Crippen LogP contribution in [0.3, 0.4) is 0 Å². The fourth-order valence-electron chi connectivity index (χ4n) is 3.07. The van der Waals surface area contributed by atoms with Crippen molar-refractivity contribution in [3.05, 3.63) is 59.2 Å². The van der Waals surface area contributed by atoms with Crippen molar-refractivity contribution in [2.45, 2.75) is 25.7 Å². The van der Waals surface area contributed by atoms with Gasteiger partial charge in [0.1, 0.15) is 17.4 Å². The summed E-state index contributed by atoms with van der Waals surface area (Å²) in [6, 6.07) is 12.9. The predicted octanol–water partition coefficient (Wildman–Crippen LogP) is 3.12. The monoisotopic (exact) mass is 485 g/mol. The molecule has 0 unspecified atom stereocenters. The molecule has 0 heterocycles. The number of aryl methyl sites for hydroxylation is 1. The average molecular weight is 486 g/mol. The van der Waals surface area contributed by atoms with Gasteiger partial charge in [0.25, 0.3) is 5.91 Å². The van der Waals surface area contributed by atoms with Gasteiger partial charge in [-0.1, -0.05) is 32.0 Å². The molecule has 34 heavy (non-hydrogen) atoms. The highest BCUT2D eigenvalue weighted by molar-refractivity contribution is 7.89. The van der Waals surface area contributed by atoms with Gasteiger partial charge in [0.15, 0.2) is 6.61 Å². The van der Waals surface area contributed by atoms with Crippen molar-refractivity contribution in [2.24, 2.45) is 0 Å². The zero-order valence-electron chi connectivity index (χ0n) is 19.5. The molecule has 2 rings (SSSR count). The third-order valence-corrected chi connectivity index (χ3v) is 7.09. The molecule has 0 radical (unpaired) electrons. The van der Waals surface area contributed by atoms with Gasteiger partial charge in [0.2, 0.25) is 10.0 Å². The number of amides is 1. The number of methoxy groups -OCH3 is 1. The number of sulfonamides is 1. The number of rotatable bonds is 10. The SMILES string of the molecule is CCN(CC)S(=O)(=O)c1cc(NC(=O)COC(=O)C(C#N)=Cc2ccc(OC)cc2)ccc1C. The minimum atomic E-state index is -3.72. The smallest absolute Gasteiger partial charge is 0.349 e. The Morgan fingerprint density at radius 2 is 1.76 bits per heavy atom. The Morgan fingerprint density at radius 1 is 1.12 bits per heavy atom. The highest BCUT2D eigenvalue weighted by Crippen LogP contribution is 2.23. The van der Waals surface area contributed by atoms with Crippen molar-refractivity contribution < 1.29 is 27.5 Å². The normalized spacial score (nSPS) is 11.6. The number of nitrogens with one attached hydrogen (secondary N) is 1. The first-order valence-electron chi connectivity index (χ1n) is 10.5. The number of nitriles is 1. The minimum Gasteiger partial charge on any atom is -0.497 e. The maximum Gasteiger partial charge on any atom is 0.349 e. The first-order chi connectivity index (χ1) is 16.2. The van der Waals surface area contributed by atoms with Gasteiger partial charge in [0, 0.05) is 18.8 Å². The van der Waals surface area contributed by atoms with Crippen LogP contribution < -0.4 is 10.1 Å². The third kappa shape index (κ3) is 6.66. The summed E-state index contributed by atoms with van der Waals surface area (Å²) >= 11 is 0. The molecular formula is C24H27N3O6S. The average Bonchev–Trinajstić information content (AvgIpc) is 2.83. The summed E-state index contributed by atoms with van der Waals surface area (Å²) in [6.45, 7) is 5.14. The summed E-state index contributed by atoms with van der Waals surface area (Å²) in [5, 5.41) is 11.8. The number of esters is 1. The maximum atomic E-state index is 12.9. The first kappa shape index (κ1) is 26.6. The van der Waals surface area contributed by atoms with Crippen LogP contribution in [0.15, 0.2) is 52.9 Å². The summed E-state index contributed by atoms with van der Waals surface area (Å²) in [5.74, 6) is -1.01. The lowest BCUT2D eigenvalue weighted by molar-refractivity contribution is -0.142. The molecule has 1 N–H and O–H groups in total. The van der Waals surface area contributed by atoms with E-state index < -0.39 is 28.5 Å². The van der Waals surface area contributed by atoms with E-state index in [1.165, 1.54) is 23.6 Å². The van der Waals surface area contributed by atoms with Crippen LogP contribution in [0.1, 0.15) is 25.0 Å². The van der Waals surface area contributed by atoms with Crippen LogP contribution in [-0.2, 0) is 24.3 Å². The van der Waals surface area contributed by atoms with Crippen LogP contribution >= 0.6 is 0 Å². The van der Waals surface area contributed by atoms with Gasteiger partial charge in [-0.05, 0) is 48.4 Å². The number of benzene rings is 2. The van der Waals surface area contributed by atoms with E-state index in [-0.39, 0.29) is 16.2 Å². The summed E-state index contributed by atoms with van der Waals surface area (Å²) in [5.41, 5.74) is 1.09. The maximum absolute atomic E-state index is 12.9. The van der Waals surface area contributed by atoms with E-state index in [4.69, 9.17) is 9.47 Å². The Kier molecular flexibility index (Phi) is 9.36. The summed E-state index contributed by atoms with van der Waals surface area (Å²) in [4.78, 5) is 24.6. The van der Waals surface area contributed by atoms with E-state index in [0.717, 1.165) is 0 Å². The lowest BCUT2D eigenvalue weighted by Crippen LogP contribution is -2.31. The second-order valence-corrected chi connectivity index (χ2v) is 9.04. The molecule has 10 heteroatoms. The van der Waals surface area contributed by atoms with Crippen molar-refractivity contribution in [1.29, 1.82) is 5.26 Å². The van der Waals surface area contributed by atoms with Gasteiger partial charge in [0.05, 0.1) is 12.0 Å². The summed E-state index contributed by atoms with van der Waals surface area (Å²) in [7, 11) is -2.20. The lowest BCUT2D eigenvalue weighted by Gasteiger charge is -2.20. The molecule has 0 fully saturated rings. The van der Waals surface area contributed by atoms with E-state index in [2.05, 4.69) is 5.32 Å². The number of hydrogen-bond donors (Lipinski definition) is 1. The predicted molar refractivity (Wildman–Crippen MR) is 127 cm³/mol. The van der Waals surface area contributed by atoms with Crippen molar-refractivity contribution >= 4 is 33.7 Å². The van der Waals surface area contributed by atoms with Crippen LogP contribution in [0, 0.1) is 18.3 Å². The molecule has 0 aliphatic heterocycles. The number of carbonyl (C=O) groups is 2. The Hall–Kier alpha value is -3.68. The highest BCUT2D eigenvalue weighted by atomic mass is 32.2. The van der Waals surface area contributed by atoms with Crippen molar-refractivity contribution in [1.82, 2.24) is 4.31 Å². The zero-order valence-corrected chi connectivity index (χ0v) is 20.3. The van der Waals surface area contributed by atoms with Crippen LogP contribution in [0.25, 0.3) is 6.08 Å². The Bertz CT molecular complexity index is 1210. The molecular weight excluding hydrogens is 458 g/mol. The Labute approximate surface area is 199 Å². The number of nitrogens with zero attached hydrogens (tertiary/aromatic N) is 2. The van der Waals surface area contributed by atoms with E-state index in [1.54, 1.807) is 63.2 Å². The lowest BCUT2D eigenvalue weighted by atomic mass is 10.1. The van der Waals surface area contributed by atoms with Gasteiger partial charge < -0.3 is 14.8 Å². The molecule has 0 atom stereocenters. The van der Waals surface area contributed by atoms with Crippen LogP contribution in [0.2, 0.25) is 0 Å². The van der Waals surface area contributed by atoms with E-state index >= 15 is 0 Å². The number of carbonyl (C=O) groups excluding carboxylic acids is 2. The quantitative estimate of drug-likeness (QED) is 0.311. The molecule has 0 aliphatic rings. The third-order valence-electron chi connectivity index (χ3n) is 4.90. The van der Waals surface area contributed by atoms with Crippen molar-refractivity contribution in [2.75, 3.05) is 32.1 Å². The summed E-state index contributed by atoms with van der Waals surface area (Å²) in [6.07, 6.45) is 1.34. The largest absolute Gasteiger partial charge is 0.497 e. The zero-order chi connectivity index (χ0) is 25.3. The van der Waals surface area contributed by atoms with E-state index in [0.29, 0.717) is 30.0 Å². The summed E-state index contributed by atoms with van der Waals surface area (Å²) < 4.78 is 37.1. The van der Waals surface area contributed by atoms with Crippen LogP contribution in [0.4, 0.5) is 5.69 Å². The fourth-order valence-corrected chi connectivity index (χ4v) is 4.78. The van der Waals surface area contributed by atoms with E-state index in [1.807, 2.05) is 0 Å². The minimum absolute atomic E-state index is 0.0835. The van der Waals surface area contributed by atoms with Crippen LogP contribution in [-0.4, -0.2) is 51.4 Å². The standard InChI is InChI=1S/C24H27N3O6S/c1-5-27(6-2)34(30,31)22-14-20(10-7-17(22)3)26-23(28)16-33-24(29)19(15-25)13-18-8-11-21(32-4)12-9-18/h7-14H,5-6,16H2,1-4H3,(H,26,28). The topological polar surface area (TPSA) is 126 Å². The van der Waals surface area contributed by atoms with Crippen molar-refractivity contribution in [3.63, 3.8) is 0 Å². The molecule has 1 amide bonds. The second kappa shape index (κ2) is 12.0. The molecule has 0 bridgehead atoms. The van der Waals surface area contributed by atoms with Gasteiger partial charge in [-0.2, -0.15) is 9.57 Å². The molecule has 0 saturated carbocycles. The van der Waals surface area contributed by atoms with Gasteiger partial charge in [-0.25, -0.2) is 13.2 Å². The van der Waals surface area contributed by atoms with E-state index in [9.17, 15) is 23.3 Å². The molecule has 180 valence electrons. The molecule has 0 spiro atoms. The van der Waals surface area contributed by atoms with Gasteiger partial charge in [-0.3, -0.25) is 4.79 Å². The Morgan fingerprint density at radius 3 is 2.32 bits per heavy atom. The second-order valence-electron chi connectivity index (χ2n) is 7.14. The molecule has 0 saturated heterocycles. The van der Waals surface area contributed by atoms with Crippen LogP contribution in [0.5, 0.6) is 5.75 Å². The molecule has 9 nitrogen and oxygen atoms in total. The first-order valence-corrected chi connectivity index (χ1v) is 11.9. The molecule has 2 aromatic rings. The Balaban J connectivity index is 2.07. The molecule has 0 aromatic heterocycles.